The third-order valence-corrected chi connectivity index (χ3v) is 5.36. The number of aromatic nitrogens is 1. The fourth-order valence-corrected chi connectivity index (χ4v) is 3.90. The van der Waals surface area contributed by atoms with Crippen LogP contribution in [0, 0.1) is 6.92 Å². The summed E-state index contributed by atoms with van der Waals surface area (Å²) >= 11 is 0. The molecule has 1 aromatic heterocycles. The zero-order valence-electron chi connectivity index (χ0n) is 14.6. The Balaban J connectivity index is 0.00000210. The molecule has 27 heavy (non-hydrogen) atoms. The summed E-state index contributed by atoms with van der Waals surface area (Å²) in [6.07, 6.45) is 0. The van der Waals surface area contributed by atoms with Gasteiger partial charge < -0.3 is 4.55 Å². The Bertz CT molecular complexity index is 1180. The number of pyridine rings is 1. The zero-order chi connectivity index (χ0) is 18.6. The van der Waals surface area contributed by atoms with Crippen LogP contribution in [0.25, 0.3) is 10.9 Å². The van der Waals surface area contributed by atoms with Crippen molar-refractivity contribution in [3.8, 4) is 0 Å². The van der Waals surface area contributed by atoms with E-state index in [4.69, 9.17) is 0 Å². The third-order valence-electron chi connectivity index (χ3n) is 4.54. The van der Waals surface area contributed by atoms with Crippen LogP contribution >= 0.6 is 0 Å². The summed E-state index contributed by atoms with van der Waals surface area (Å²) in [6, 6.07) is 12.2. The average Bonchev–Trinajstić information content (AvgIpc) is 2.85. The number of hydrogen-bond acceptors (Lipinski definition) is 6. The number of rotatable bonds is 2. The minimum atomic E-state index is -4.58. The van der Waals surface area contributed by atoms with Crippen molar-refractivity contribution >= 4 is 32.6 Å². The summed E-state index contributed by atoms with van der Waals surface area (Å²) in [5.41, 5.74) is 2.01. The number of hydrogen-bond donors (Lipinski definition) is 0. The number of ketones is 2. The summed E-state index contributed by atoms with van der Waals surface area (Å²) in [4.78, 5) is 29.4. The molecule has 6 nitrogen and oxygen atoms in total. The van der Waals surface area contributed by atoms with E-state index in [1.54, 1.807) is 37.3 Å². The number of carbonyl (C=O) groups is 2. The van der Waals surface area contributed by atoms with E-state index in [9.17, 15) is 22.6 Å². The van der Waals surface area contributed by atoms with Gasteiger partial charge >= 0.3 is 29.6 Å². The van der Waals surface area contributed by atoms with Crippen molar-refractivity contribution in [1.29, 1.82) is 0 Å². The molecule has 2 aromatic carbocycles. The SMILES string of the molecule is Cc1cc(S(=O)(=O)[O-])cc2ccc(C3C(=O)c4ccccc4C3=O)nc12.[Na+]. The first-order chi connectivity index (χ1) is 12.3. The summed E-state index contributed by atoms with van der Waals surface area (Å²) in [7, 11) is -4.58. The van der Waals surface area contributed by atoms with Gasteiger partial charge in [-0.1, -0.05) is 30.3 Å². The van der Waals surface area contributed by atoms with Crippen LogP contribution in [0.4, 0.5) is 0 Å². The Labute approximate surface area is 177 Å². The molecule has 0 unspecified atom stereocenters. The minimum absolute atomic E-state index is 0. The second-order valence-corrected chi connectivity index (χ2v) is 7.59. The maximum Gasteiger partial charge on any atom is 1.00 e. The standard InChI is InChI=1S/C19H13NO5S.Na/c1-10-8-12(26(23,24)25)9-11-6-7-15(20-17(10)11)16-18(21)13-4-2-3-5-14(13)19(16)22;/h2-9,16H,1H3,(H,23,24,25);/q;+1/p-1. The molecule has 4 rings (SSSR count). The molecule has 0 saturated heterocycles. The van der Waals surface area contributed by atoms with Crippen molar-refractivity contribution in [2.24, 2.45) is 0 Å². The van der Waals surface area contributed by atoms with Crippen molar-refractivity contribution in [2.45, 2.75) is 17.7 Å². The van der Waals surface area contributed by atoms with Crippen molar-refractivity contribution in [3.63, 3.8) is 0 Å². The number of aryl methyl sites for hydroxylation is 1. The van der Waals surface area contributed by atoms with Gasteiger partial charge in [0, 0.05) is 16.5 Å². The van der Waals surface area contributed by atoms with Crippen LogP contribution in [0.15, 0.2) is 53.4 Å². The van der Waals surface area contributed by atoms with Gasteiger partial charge in [0.05, 0.1) is 16.1 Å². The van der Waals surface area contributed by atoms with E-state index in [1.807, 2.05) is 0 Å². The van der Waals surface area contributed by atoms with Gasteiger partial charge in [-0.2, -0.15) is 0 Å². The molecular formula is C19H12NNaO5S. The average molecular weight is 389 g/mol. The third kappa shape index (κ3) is 3.26. The summed E-state index contributed by atoms with van der Waals surface area (Å²) < 4.78 is 33.8. The van der Waals surface area contributed by atoms with Gasteiger partial charge in [-0.3, -0.25) is 14.6 Å². The van der Waals surface area contributed by atoms with Gasteiger partial charge in [-0.25, -0.2) is 8.42 Å². The van der Waals surface area contributed by atoms with Crippen molar-refractivity contribution in [1.82, 2.24) is 4.98 Å². The van der Waals surface area contributed by atoms with E-state index in [0.717, 1.165) is 0 Å². The van der Waals surface area contributed by atoms with Gasteiger partial charge in [-0.05, 0) is 30.7 Å². The van der Waals surface area contributed by atoms with E-state index in [0.29, 0.717) is 33.3 Å². The van der Waals surface area contributed by atoms with Crippen LogP contribution in [-0.4, -0.2) is 29.5 Å². The molecule has 1 aliphatic carbocycles. The van der Waals surface area contributed by atoms with Crippen LogP contribution in [0.3, 0.4) is 0 Å². The van der Waals surface area contributed by atoms with E-state index < -0.39 is 16.0 Å². The maximum absolute atomic E-state index is 12.6. The Morgan fingerprint density at radius 2 is 1.56 bits per heavy atom. The molecule has 3 aromatic rings. The first kappa shape index (κ1) is 19.9. The van der Waals surface area contributed by atoms with Crippen molar-refractivity contribution in [2.75, 3.05) is 0 Å². The monoisotopic (exact) mass is 389 g/mol. The number of benzene rings is 2. The normalized spacial score (nSPS) is 14.3. The number of carbonyl (C=O) groups excluding carboxylic acids is 2. The predicted octanol–water partition coefficient (Wildman–Crippen LogP) is -0.386. The number of nitrogens with zero attached hydrogens (tertiary/aromatic N) is 1. The molecule has 130 valence electrons. The van der Waals surface area contributed by atoms with E-state index in [-0.39, 0.29) is 46.0 Å². The summed E-state index contributed by atoms with van der Waals surface area (Å²) in [5, 5.41) is 0.457. The van der Waals surface area contributed by atoms with E-state index in [1.165, 1.54) is 18.2 Å². The van der Waals surface area contributed by atoms with Crippen LogP contribution in [0.2, 0.25) is 0 Å². The molecule has 0 aliphatic heterocycles. The summed E-state index contributed by atoms with van der Waals surface area (Å²) in [6.45, 7) is 1.63. The molecule has 0 amide bonds. The second kappa shape index (κ2) is 6.92. The Morgan fingerprint density at radius 3 is 2.11 bits per heavy atom. The van der Waals surface area contributed by atoms with Crippen molar-refractivity contribution < 1.29 is 52.1 Å². The Kier molecular flexibility index (Phi) is 5.09. The molecule has 0 N–H and O–H groups in total. The quantitative estimate of drug-likeness (QED) is 0.336. The van der Waals surface area contributed by atoms with Crippen LogP contribution in [0.1, 0.15) is 37.9 Å². The van der Waals surface area contributed by atoms with Crippen molar-refractivity contribution in [3.05, 3.63) is 70.9 Å². The molecule has 1 aliphatic rings. The van der Waals surface area contributed by atoms with Gasteiger partial charge in [0.15, 0.2) is 11.6 Å². The topological polar surface area (TPSA) is 104 Å². The smallest absolute Gasteiger partial charge is 0.744 e. The Hall–Kier alpha value is -1.90. The van der Waals surface area contributed by atoms with Gasteiger partial charge in [0.1, 0.15) is 16.0 Å². The van der Waals surface area contributed by atoms with Gasteiger partial charge in [-0.15, -0.1) is 0 Å². The van der Waals surface area contributed by atoms with E-state index >= 15 is 0 Å². The fourth-order valence-electron chi connectivity index (χ4n) is 3.31. The first-order valence-corrected chi connectivity index (χ1v) is 9.23. The van der Waals surface area contributed by atoms with Gasteiger partial charge in [0.25, 0.3) is 0 Å². The molecule has 0 atom stereocenters. The van der Waals surface area contributed by atoms with Crippen LogP contribution in [-0.2, 0) is 10.1 Å². The molecule has 1 heterocycles. The molecular weight excluding hydrogens is 377 g/mol. The van der Waals surface area contributed by atoms with Crippen LogP contribution in [0.5, 0.6) is 0 Å². The molecule has 0 radical (unpaired) electrons. The van der Waals surface area contributed by atoms with Crippen LogP contribution < -0.4 is 29.6 Å². The Morgan fingerprint density at radius 1 is 0.963 bits per heavy atom. The molecule has 0 spiro atoms. The molecule has 0 bridgehead atoms. The molecule has 8 heteroatoms. The van der Waals surface area contributed by atoms with E-state index in [2.05, 4.69) is 4.98 Å². The largest absolute Gasteiger partial charge is 1.00 e. The molecule has 0 fully saturated rings. The van der Waals surface area contributed by atoms with Gasteiger partial charge in [0.2, 0.25) is 0 Å². The number of fused-ring (bicyclic) bond motifs is 2. The minimum Gasteiger partial charge on any atom is -0.744 e. The predicted molar refractivity (Wildman–Crippen MR) is 92.3 cm³/mol. The maximum atomic E-state index is 12.6. The molecule has 0 saturated carbocycles. The fraction of sp³-hybridized carbons (Fsp3) is 0.105. The number of Topliss-reactive ketones (excluding diaryl/α,β-unsaturated/α-hetero) is 2. The zero-order valence-corrected chi connectivity index (χ0v) is 17.4. The second-order valence-electron chi connectivity index (χ2n) is 6.21. The first-order valence-electron chi connectivity index (χ1n) is 7.82. The summed E-state index contributed by atoms with van der Waals surface area (Å²) in [5.74, 6) is -1.60.